The fraction of sp³-hybridized carbons (Fsp3) is 0.286. The van der Waals surface area contributed by atoms with Crippen LogP contribution in [-0.4, -0.2) is 45.1 Å². The molecule has 2 aromatic heterocycles. The quantitative estimate of drug-likeness (QED) is 0.704. The van der Waals surface area contributed by atoms with Crippen LogP contribution in [0.15, 0.2) is 53.7 Å². The number of aromatic nitrogens is 4. The molecule has 1 aromatic carbocycles. The molecule has 1 N–H and O–H groups in total. The first kappa shape index (κ1) is 19.7. The first-order valence-corrected chi connectivity index (χ1v) is 9.60. The van der Waals surface area contributed by atoms with Gasteiger partial charge < -0.3 is 15.0 Å². The van der Waals surface area contributed by atoms with E-state index in [0.29, 0.717) is 37.0 Å². The van der Waals surface area contributed by atoms with Gasteiger partial charge >= 0.3 is 0 Å². The molecule has 0 unspecified atom stereocenters. The van der Waals surface area contributed by atoms with E-state index in [0.717, 1.165) is 11.3 Å². The molecule has 3 aromatic rings. The Balaban J connectivity index is 1.63. The number of anilines is 2. The fourth-order valence-electron chi connectivity index (χ4n) is 3.44. The molecule has 0 bridgehead atoms. The highest BCUT2D eigenvalue weighted by molar-refractivity contribution is 5.88. The highest BCUT2D eigenvalue weighted by Crippen LogP contribution is 2.27. The van der Waals surface area contributed by atoms with E-state index < -0.39 is 0 Å². The first-order valence-electron chi connectivity index (χ1n) is 9.60. The maximum atomic E-state index is 12.6. The molecule has 9 nitrogen and oxygen atoms in total. The Morgan fingerprint density at radius 1 is 1.23 bits per heavy atom. The number of carbonyl (C=O) groups is 1. The predicted molar refractivity (Wildman–Crippen MR) is 112 cm³/mol. The van der Waals surface area contributed by atoms with Gasteiger partial charge in [-0.15, -0.1) is 0 Å². The molecular weight excluding hydrogens is 384 g/mol. The maximum Gasteiger partial charge on any atom is 0.255 e. The Kier molecular flexibility index (Phi) is 5.53. The number of ether oxygens (including phenoxy) is 1. The van der Waals surface area contributed by atoms with Crippen LogP contribution in [0.3, 0.4) is 0 Å². The van der Waals surface area contributed by atoms with E-state index >= 15 is 0 Å². The van der Waals surface area contributed by atoms with Gasteiger partial charge in [0.25, 0.3) is 5.56 Å². The SMILES string of the molecule is CC(=O)Nc1cccc([C@H]2CN(c3nc(-c4ccncn4)cc(=O)n3C)CCO2)c1. The van der Waals surface area contributed by atoms with Gasteiger partial charge in [0.1, 0.15) is 12.4 Å². The largest absolute Gasteiger partial charge is 0.370 e. The van der Waals surface area contributed by atoms with Gasteiger partial charge in [-0.3, -0.25) is 14.2 Å². The zero-order valence-corrected chi connectivity index (χ0v) is 16.8. The number of hydrogen-bond acceptors (Lipinski definition) is 7. The van der Waals surface area contributed by atoms with Gasteiger partial charge in [0.15, 0.2) is 0 Å². The third-order valence-corrected chi connectivity index (χ3v) is 4.88. The molecule has 154 valence electrons. The van der Waals surface area contributed by atoms with E-state index in [1.54, 1.807) is 19.3 Å². The lowest BCUT2D eigenvalue weighted by Crippen LogP contribution is -2.41. The molecule has 1 aliphatic heterocycles. The molecule has 3 heterocycles. The van der Waals surface area contributed by atoms with Crippen LogP contribution >= 0.6 is 0 Å². The lowest BCUT2D eigenvalue weighted by Gasteiger charge is -2.34. The third kappa shape index (κ3) is 4.20. The molecule has 9 heteroatoms. The van der Waals surface area contributed by atoms with E-state index in [-0.39, 0.29) is 17.6 Å². The fourth-order valence-corrected chi connectivity index (χ4v) is 3.44. The van der Waals surface area contributed by atoms with Crippen LogP contribution < -0.4 is 15.8 Å². The standard InChI is InChI=1S/C21H22N6O3/c1-14(28)24-16-5-3-4-15(10-16)19-12-27(8-9-30-19)21-25-18(11-20(29)26(21)2)17-6-7-22-13-23-17/h3-7,10-11,13,19H,8-9,12H2,1-2H3,(H,24,28)/t19-/m1/s1. The Hall–Kier alpha value is -3.59. The molecule has 0 radical (unpaired) electrons. The molecule has 4 rings (SSSR count). The summed E-state index contributed by atoms with van der Waals surface area (Å²) in [5.74, 6) is 0.432. The zero-order valence-electron chi connectivity index (χ0n) is 16.8. The molecule has 1 aliphatic rings. The molecule has 1 fully saturated rings. The number of morpholine rings is 1. The minimum atomic E-state index is -0.216. The van der Waals surface area contributed by atoms with Crippen LogP contribution in [0.2, 0.25) is 0 Å². The molecule has 1 atom stereocenters. The number of nitrogens with one attached hydrogen (secondary N) is 1. The molecular formula is C21H22N6O3. The van der Waals surface area contributed by atoms with Crippen molar-refractivity contribution in [2.24, 2.45) is 7.05 Å². The minimum Gasteiger partial charge on any atom is -0.370 e. The minimum absolute atomic E-state index is 0.126. The Morgan fingerprint density at radius 2 is 2.10 bits per heavy atom. The van der Waals surface area contributed by atoms with Crippen molar-refractivity contribution in [1.82, 2.24) is 19.5 Å². The Morgan fingerprint density at radius 3 is 2.87 bits per heavy atom. The number of rotatable bonds is 4. The summed E-state index contributed by atoms with van der Waals surface area (Å²) in [6, 6.07) is 10.8. The first-order chi connectivity index (χ1) is 14.5. The number of hydrogen-bond donors (Lipinski definition) is 1. The average molecular weight is 406 g/mol. The molecule has 1 amide bonds. The molecule has 0 aliphatic carbocycles. The number of benzene rings is 1. The molecule has 0 spiro atoms. The van der Waals surface area contributed by atoms with Gasteiger partial charge in [0, 0.05) is 38.5 Å². The van der Waals surface area contributed by atoms with Gasteiger partial charge in [-0.25, -0.2) is 15.0 Å². The van der Waals surface area contributed by atoms with Crippen molar-refractivity contribution in [3.63, 3.8) is 0 Å². The van der Waals surface area contributed by atoms with Crippen LogP contribution in [-0.2, 0) is 16.6 Å². The van der Waals surface area contributed by atoms with E-state index in [1.165, 1.54) is 23.9 Å². The summed E-state index contributed by atoms with van der Waals surface area (Å²) in [4.78, 5) is 38.8. The van der Waals surface area contributed by atoms with Gasteiger partial charge in [-0.1, -0.05) is 12.1 Å². The van der Waals surface area contributed by atoms with Crippen molar-refractivity contribution in [2.45, 2.75) is 13.0 Å². The molecule has 30 heavy (non-hydrogen) atoms. The summed E-state index contributed by atoms with van der Waals surface area (Å²) in [6.45, 7) is 3.09. The lowest BCUT2D eigenvalue weighted by atomic mass is 10.1. The van der Waals surface area contributed by atoms with E-state index in [1.807, 2.05) is 29.2 Å². The summed E-state index contributed by atoms with van der Waals surface area (Å²) in [7, 11) is 1.70. The number of amides is 1. The summed E-state index contributed by atoms with van der Waals surface area (Å²) in [5, 5.41) is 2.79. The normalized spacial score (nSPS) is 16.3. The van der Waals surface area contributed by atoms with E-state index in [4.69, 9.17) is 9.72 Å². The number of carbonyl (C=O) groups excluding carboxylic acids is 1. The third-order valence-electron chi connectivity index (χ3n) is 4.88. The second-order valence-electron chi connectivity index (χ2n) is 7.05. The highest BCUT2D eigenvalue weighted by Gasteiger charge is 2.25. The van der Waals surface area contributed by atoms with Crippen molar-refractivity contribution in [1.29, 1.82) is 0 Å². The lowest BCUT2D eigenvalue weighted by molar-refractivity contribution is -0.114. The van der Waals surface area contributed by atoms with Crippen LogP contribution in [0.4, 0.5) is 11.6 Å². The van der Waals surface area contributed by atoms with Gasteiger partial charge in [0.05, 0.1) is 24.5 Å². The zero-order chi connectivity index (χ0) is 21.1. The summed E-state index contributed by atoms with van der Waals surface area (Å²) < 4.78 is 7.50. The maximum absolute atomic E-state index is 12.6. The van der Waals surface area contributed by atoms with E-state index in [2.05, 4.69) is 15.3 Å². The summed E-state index contributed by atoms with van der Waals surface area (Å²) in [5.41, 5.74) is 2.60. The van der Waals surface area contributed by atoms with Gasteiger partial charge in [-0.2, -0.15) is 0 Å². The monoisotopic (exact) mass is 406 g/mol. The van der Waals surface area contributed by atoms with Crippen molar-refractivity contribution in [3.8, 4) is 11.4 Å². The van der Waals surface area contributed by atoms with Gasteiger partial charge in [0.2, 0.25) is 11.9 Å². The van der Waals surface area contributed by atoms with Crippen molar-refractivity contribution in [3.05, 3.63) is 64.8 Å². The summed E-state index contributed by atoms with van der Waals surface area (Å²) in [6.07, 6.45) is 2.83. The molecule has 1 saturated heterocycles. The summed E-state index contributed by atoms with van der Waals surface area (Å²) >= 11 is 0. The molecule has 0 saturated carbocycles. The number of nitrogens with zero attached hydrogens (tertiary/aromatic N) is 5. The second-order valence-corrected chi connectivity index (χ2v) is 7.05. The van der Waals surface area contributed by atoms with Crippen molar-refractivity contribution in [2.75, 3.05) is 29.9 Å². The van der Waals surface area contributed by atoms with Crippen molar-refractivity contribution < 1.29 is 9.53 Å². The second kappa shape index (κ2) is 8.42. The Bertz CT molecular complexity index is 1120. The smallest absolute Gasteiger partial charge is 0.255 e. The van der Waals surface area contributed by atoms with Crippen LogP contribution in [0, 0.1) is 0 Å². The topological polar surface area (TPSA) is 102 Å². The van der Waals surface area contributed by atoms with Crippen LogP contribution in [0.1, 0.15) is 18.6 Å². The highest BCUT2D eigenvalue weighted by atomic mass is 16.5. The van der Waals surface area contributed by atoms with Crippen LogP contribution in [0.5, 0.6) is 0 Å². The average Bonchev–Trinajstić information content (AvgIpc) is 2.76. The predicted octanol–water partition coefficient (Wildman–Crippen LogP) is 1.77. The van der Waals surface area contributed by atoms with Crippen LogP contribution in [0.25, 0.3) is 11.4 Å². The van der Waals surface area contributed by atoms with E-state index in [9.17, 15) is 9.59 Å². The van der Waals surface area contributed by atoms with Gasteiger partial charge in [-0.05, 0) is 23.8 Å². The Labute approximate surface area is 173 Å². The van der Waals surface area contributed by atoms with Crippen molar-refractivity contribution >= 4 is 17.5 Å².